The number of aliphatic hydroxyl groups excluding tert-OH is 1. The van der Waals surface area contributed by atoms with Crippen LogP contribution < -0.4 is 10.1 Å². The Bertz CT molecular complexity index is 704. The van der Waals surface area contributed by atoms with Crippen LogP contribution in [0.4, 0.5) is 8.78 Å². The van der Waals surface area contributed by atoms with E-state index in [1.165, 1.54) is 12.1 Å². The van der Waals surface area contributed by atoms with E-state index in [4.69, 9.17) is 4.42 Å². The number of aliphatic hydroxyl groups is 1. The molecule has 2 aromatic rings. The molecule has 0 aliphatic rings. The minimum absolute atomic E-state index is 0.0286. The fourth-order valence-electron chi connectivity index (χ4n) is 2.38. The zero-order valence-electron chi connectivity index (χ0n) is 13.6. The number of rotatable bonds is 6. The molecule has 1 amide bonds. The molecule has 1 aromatic carbocycles. The molecular weight excluding hydrogens is 320 g/mol. The first-order chi connectivity index (χ1) is 11.3. The van der Waals surface area contributed by atoms with Crippen LogP contribution in [-0.4, -0.2) is 24.2 Å². The second-order valence-electron chi connectivity index (χ2n) is 5.49. The fourth-order valence-corrected chi connectivity index (χ4v) is 2.38. The largest absolute Gasteiger partial charge is 0.464 e. The number of nitrogens with one attached hydrogen (secondary N) is 1. The zero-order chi connectivity index (χ0) is 17.9. The maximum absolute atomic E-state index is 12.4. The summed E-state index contributed by atoms with van der Waals surface area (Å²) < 4.78 is 34.5. The van der Waals surface area contributed by atoms with Crippen molar-refractivity contribution in [1.29, 1.82) is 0 Å². The molecule has 0 fully saturated rings. The smallest absolute Gasteiger partial charge is 0.387 e. The number of hydrogen-bond acceptors (Lipinski definition) is 4. The third-order valence-electron chi connectivity index (χ3n) is 3.47. The lowest BCUT2D eigenvalue weighted by molar-refractivity contribution is -0.0507. The zero-order valence-corrected chi connectivity index (χ0v) is 13.6. The molecular formula is C17H19F2NO4. The van der Waals surface area contributed by atoms with Gasteiger partial charge in [-0.3, -0.25) is 4.79 Å². The van der Waals surface area contributed by atoms with Gasteiger partial charge in [-0.25, -0.2) is 0 Å². The van der Waals surface area contributed by atoms with E-state index in [0.29, 0.717) is 28.2 Å². The molecule has 0 aliphatic heterocycles. The Kier molecular flexibility index (Phi) is 5.56. The summed E-state index contributed by atoms with van der Waals surface area (Å²) >= 11 is 0. The van der Waals surface area contributed by atoms with Crippen molar-refractivity contribution in [2.75, 3.05) is 6.54 Å². The average Bonchev–Trinajstić information content (AvgIpc) is 2.94. The number of aryl methyl sites for hydroxylation is 3. The second kappa shape index (κ2) is 7.44. The first kappa shape index (κ1) is 17.9. The van der Waals surface area contributed by atoms with Crippen LogP contribution in [-0.2, 0) is 0 Å². The first-order valence-electron chi connectivity index (χ1n) is 7.36. The van der Waals surface area contributed by atoms with Crippen LogP contribution in [0.5, 0.6) is 5.75 Å². The fraction of sp³-hybridized carbons (Fsp3) is 0.353. The van der Waals surface area contributed by atoms with E-state index in [1.54, 1.807) is 32.9 Å². The molecule has 1 heterocycles. The van der Waals surface area contributed by atoms with E-state index in [2.05, 4.69) is 10.1 Å². The maximum Gasteiger partial charge on any atom is 0.387 e. The summed E-state index contributed by atoms with van der Waals surface area (Å²) in [6.07, 6.45) is -0.966. The molecule has 2 N–H and O–H groups in total. The number of hydrogen-bond donors (Lipinski definition) is 2. The van der Waals surface area contributed by atoms with E-state index >= 15 is 0 Å². The highest BCUT2D eigenvalue weighted by molar-refractivity contribution is 5.94. The number of furan rings is 1. The lowest BCUT2D eigenvalue weighted by Gasteiger charge is -2.14. The van der Waals surface area contributed by atoms with Gasteiger partial charge in [-0.15, -0.1) is 0 Å². The summed E-state index contributed by atoms with van der Waals surface area (Å²) in [5.74, 6) is 0.664. The number of ether oxygens (including phenoxy) is 1. The standard InChI is InChI=1S/C17H19F2NO4/c1-9-6-12(7-10(2)15(9)24-17(18)19)16(22)20-8-13(21)14-5-4-11(3)23-14/h4-7,13,17,21H,8H2,1-3H3,(H,20,22)/t13-/m0/s1. The SMILES string of the molecule is Cc1ccc([C@@H](O)CNC(=O)c2cc(C)c(OC(F)F)c(C)c2)o1. The maximum atomic E-state index is 12.4. The Labute approximate surface area is 138 Å². The van der Waals surface area contributed by atoms with Gasteiger partial charge in [0.25, 0.3) is 5.91 Å². The summed E-state index contributed by atoms with van der Waals surface area (Å²) in [7, 11) is 0. The van der Waals surface area contributed by atoms with Crippen molar-refractivity contribution in [2.24, 2.45) is 0 Å². The lowest BCUT2D eigenvalue weighted by Crippen LogP contribution is -2.28. The van der Waals surface area contributed by atoms with Gasteiger partial charge in [0, 0.05) is 5.56 Å². The molecule has 0 aliphatic carbocycles. The summed E-state index contributed by atoms with van der Waals surface area (Å²) in [6, 6.07) is 6.28. The van der Waals surface area contributed by atoms with Crippen LogP contribution in [0.1, 0.15) is 39.1 Å². The number of alkyl halides is 2. The second-order valence-corrected chi connectivity index (χ2v) is 5.49. The molecule has 0 saturated carbocycles. The lowest BCUT2D eigenvalue weighted by atomic mass is 10.0. The molecule has 24 heavy (non-hydrogen) atoms. The van der Waals surface area contributed by atoms with Crippen LogP contribution in [0.25, 0.3) is 0 Å². The van der Waals surface area contributed by atoms with Gasteiger partial charge >= 0.3 is 6.61 Å². The van der Waals surface area contributed by atoms with Gasteiger partial charge in [0.05, 0.1) is 6.54 Å². The Balaban J connectivity index is 2.04. The Hall–Kier alpha value is -2.41. The Morgan fingerprint density at radius 2 is 1.88 bits per heavy atom. The van der Waals surface area contributed by atoms with Crippen LogP contribution in [0.3, 0.4) is 0 Å². The van der Waals surface area contributed by atoms with Gasteiger partial charge in [-0.2, -0.15) is 8.78 Å². The molecule has 2 rings (SSSR count). The van der Waals surface area contributed by atoms with E-state index < -0.39 is 18.6 Å². The highest BCUT2D eigenvalue weighted by Crippen LogP contribution is 2.26. The summed E-state index contributed by atoms with van der Waals surface area (Å²) in [5.41, 5.74) is 1.17. The summed E-state index contributed by atoms with van der Waals surface area (Å²) in [6.45, 7) is 1.97. The molecule has 0 bridgehead atoms. The number of benzene rings is 1. The molecule has 0 saturated heterocycles. The minimum atomic E-state index is -2.92. The summed E-state index contributed by atoms with van der Waals surface area (Å²) in [5, 5.41) is 12.6. The van der Waals surface area contributed by atoms with Crippen molar-refractivity contribution in [3.05, 3.63) is 52.5 Å². The molecule has 5 nitrogen and oxygen atoms in total. The first-order valence-corrected chi connectivity index (χ1v) is 7.36. The van der Waals surface area contributed by atoms with Crippen molar-refractivity contribution in [3.63, 3.8) is 0 Å². The molecule has 0 radical (unpaired) electrons. The van der Waals surface area contributed by atoms with Gasteiger partial charge in [-0.05, 0) is 56.2 Å². The number of carbonyl (C=O) groups is 1. The molecule has 1 atom stereocenters. The summed E-state index contributed by atoms with van der Waals surface area (Å²) in [4.78, 5) is 12.2. The van der Waals surface area contributed by atoms with Gasteiger partial charge in [-0.1, -0.05) is 0 Å². The van der Waals surface area contributed by atoms with Crippen molar-refractivity contribution in [1.82, 2.24) is 5.32 Å². The monoisotopic (exact) mass is 339 g/mol. The van der Waals surface area contributed by atoms with Gasteiger partial charge in [0.2, 0.25) is 0 Å². The number of halogens is 2. The predicted molar refractivity (Wildman–Crippen MR) is 83.3 cm³/mol. The van der Waals surface area contributed by atoms with Gasteiger partial charge < -0.3 is 19.6 Å². The normalized spacial score (nSPS) is 12.3. The van der Waals surface area contributed by atoms with Gasteiger partial charge in [0.1, 0.15) is 23.4 Å². The van der Waals surface area contributed by atoms with Crippen molar-refractivity contribution in [3.8, 4) is 5.75 Å². The minimum Gasteiger partial charge on any atom is -0.464 e. The van der Waals surface area contributed by atoms with Gasteiger partial charge in [0.15, 0.2) is 0 Å². The third kappa shape index (κ3) is 4.32. The van der Waals surface area contributed by atoms with Crippen LogP contribution in [0.2, 0.25) is 0 Å². The average molecular weight is 339 g/mol. The Morgan fingerprint density at radius 3 is 2.38 bits per heavy atom. The van der Waals surface area contributed by atoms with Crippen molar-refractivity contribution in [2.45, 2.75) is 33.5 Å². The van der Waals surface area contributed by atoms with E-state index in [-0.39, 0.29) is 12.3 Å². The van der Waals surface area contributed by atoms with Crippen molar-refractivity contribution >= 4 is 5.91 Å². The van der Waals surface area contributed by atoms with E-state index in [1.807, 2.05) is 0 Å². The topological polar surface area (TPSA) is 71.7 Å². The van der Waals surface area contributed by atoms with Crippen LogP contribution >= 0.6 is 0 Å². The van der Waals surface area contributed by atoms with E-state index in [9.17, 15) is 18.7 Å². The Morgan fingerprint density at radius 1 is 1.25 bits per heavy atom. The predicted octanol–water partition coefficient (Wildman–Crippen LogP) is 3.27. The molecule has 0 unspecified atom stereocenters. The molecule has 0 spiro atoms. The highest BCUT2D eigenvalue weighted by Gasteiger charge is 2.17. The van der Waals surface area contributed by atoms with Crippen LogP contribution in [0, 0.1) is 20.8 Å². The van der Waals surface area contributed by atoms with Crippen LogP contribution in [0.15, 0.2) is 28.7 Å². The molecule has 130 valence electrons. The third-order valence-corrected chi connectivity index (χ3v) is 3.47. The van der Waals surface area contributed by atoms with E-state index in [0.717, 1.165) is 0 Å². The highest BCUT2D eigenvalue weighted by atomic mass is 19.3. The molecule has 1 aromatic heterocycles. The molecule has 7 heteroatoms. The quantitative estimate of drug-likeness (QED) is 0.847. The number of carbonyl (C=O) groups excluding carboxylic acids is 1. The van der Waals surface area contributed by atoms with Crippen molar-refractivity contribution < 1.29 is 27.8 Å². The number of amides is 1.